The Labute approximate surface area is 136 Å². The summed E-state index contributed by atoms with van der Waals surface area (Å²) in [6.45, 7) is 3.42. The van der Waals surface area contributed by atoms with Crippen molar-refractivity contribution < 1.29 is 24.0 Å². The molecule has 3 rings (SSSR count). The number of hydrogen-bond donors (Lipinski definition) is 4. The van der Waals surface area contributed by atoms with Gasteiger partial charge in [-0.25, -0.2) is 9.55 Å². The van der Waals surface area contributed by atoms with E-state index < -0.39 is 7.82 Å². The molecule has 0 saturated heterocycles. The van der Waals surface area contributed by atoms with E-state index in [0.29, 0.717) is 5.82 Å². The standard InChI is InChI=1S/C15H11N3O.H3O4P/c1-2-14(19)17-13-8-6-10-5-7-12-11(15(10)18-13)4-3-9-16-12;1-5(2,3)4/h2-9H,1H2,(H,17,18,19);(H3,1,2,3,4). The summed E-state index contributed by atoms with van der Waals surface area (Å²) in [7, 11) is -4.64. The first-order valence-corrected chi connectivity index (χ1v) is 8.20. The summed E-state index contributed by atoms with van der Waals surface area (Å²) < 4.78 is 8.88. The highest BCUT2D eigenvalue weighted by Crippen LogP contribution is 2.26. The van der Waals surface area contributed by atoms with Crippen LogP contribution in [0.5, 0.6) is 0 Å². The second-order valence-electron chi connectivity index (χ2n) is 4.61. The number of nitrogens with one attached hydrogen (secondary N) is 1. The summed E-state index contributed by atoms with van der Waals surface area (Å²) in [6.07, 6.45) is 2.97. The van der Waals surface area contributed by atoms with Gasteiger partial charge in [0.05, 0.1) is 11.0 Å². The molecule has 0 radical (unpaired) electrons. The van der Waals surface area contributed by atoms with Gasteiger partial charge in [-0.2, -0.15) is 0 Å². The van der Waals surface area contributed by atoms with E-state index >= 15 is 0 Å². The lowest BCUT2D eigenvalue weighted by molar-refractivity contribution is -0.111. The fourth-order valence-corrected chi connectivity index (χ4v) is 1.99. The highest BCUT2D eigenvalue weighted by molar-refractivity contribution is 7.45. The van der Waals surface area contributed by atoms with Gasteiger partial charge in [0, 0.05) is 17.0 Å². The van der Waals surface area contributed by atoms with Crippen LogP contribution in [0, 0.1) is 0 Å². The van der Waals surface area contributed by atoms with Crippen LogP contribution in [0.25, 0.3) is 21.8 Å². The van der Waals surface area contributed by atoms with E-state index in [4.69, 9.17) is 19.2 Å². The van der Waals surface area contributed by atoms with Crippen molar-refractivity contribution in [1.82, 2.24) is 9.97 Å². The molecular formula is C15H14N3O5P. The van der Waals surface area contributed by atoms with Crippen LogP contribution in [0.1, 0.15) is 0 Å². The number of phosphoric acid groups is 1. The zero-order chi connectivity index (χ0) is 17.7. The van der Waals surface area contributed by atoms with Gasteiger partial charge >= 0.3 is 7.82 Å². The van der Waals surface area contributed by atoms with E-state index in [1.807, 2.05) is 30.3 Å². The number of amides is 1. The Morgan fingerprint density at radius 2 is 1.83 bits per heavy atom. The summed E-state index contributed by atoms with van der Waals surface area (Å²) in [4.78, 5) is 41.6. The molecule has 0 spiro atoms. The maximum atomic E-state index is 11.3. The average Bonchev–Trinajstić information content (AvgIpc) is 2.53. The van der Waals surface area contributed by atoms with Crippen molar-refractivity contribution in [1.29, 1.82) is 0 Å². The fourth-order valence-electron chi connectivity index (χ4n) is 1.99. The number of pyridine rings is 2. The van der Waals surface area contributed by atoms with Crippen molar-refractivity contribution in [2.24, 2.45) is 0 Å². The van der Waals surface area contributed by atoms with Gasteiger partial charge in [0.2, 0.25) is 5.91 Å². The second-order valence-corrected chi connectivity index (χ2v) is 5.64. The Bertz CT molecular complexity index is 946. The predicted molar refractivity (Wildman–Crippen MR) is 90.1 cm³/mol. The molecule has 2 heterocycles. The molecule has 0 bridgehead atoms. The highest BCUT2D eigenvalue weighted by atomic mass is 31.2. The smallest absolute Gasteiger partial charge is 0.307 e. The van der Waals surface area contributed by atoms with E-state index in [0.717, 1.165) is 21.8 Å². The van der Waals surface area contributed by atoms with Gasteiger partial charge < -0.3 is 20.0 Å². The van der Waals surface area contributed by atoms with Crippen LogP contribution < -0.4 is 5.32 Å². The highest BCUT2D eigenvalue weighted by Gasteiger charge is 2.05. The molecule has 1 amide bonds. The third kappa shape index (κ3) is 4.94. The molecular weight excluding hydrogens is 333 g/mol. The number of aromatic nitrogens is 2. The van der Waals surface area contributed by atoms with Crippen molar-refractivity contribution in [3.63, 3.8) is 0 Å². The van der Waals surface area contributed by atoms with E-state index in [1.165, 1.54) is 6.08 Å². The molecule has 9 heteroatoms. The minimum absolute atomic E-state index is 0.273. The quantitative estimate of drug-likeness (QED) is 0.316. The molecule has 24 heavy (non-hydrogen) atoms. The van der Waals surface area contributed by atoms with Gasteiger partial charge in [-0.05, 0) is 36.4 Å². The molecule has 8 nitrogen and oxygen atoms in total. The number of nitrogens with zero attached hydrogens (tertiary/aromatic N) is 2. The minimum atomic E-state index is -4.64. The largest absolute Gasteiger partial charge is 0.466 e. The molecule has 124 valence electrons. The number of hydrogen-bond acceptors (Lipinski definition) is 4. The average molecular weight is 347 g/mol. The SMILES string of the molecule is C=CC(=O)Nc1ccc2ccc3ncccc3c2n1.O=P(O)(O)O. The van der Waals surface area contributed by atoms with Crippen LogP contribution in [0.2, 0.25) is 0 Å². The van der Waals surface area contributed by atoms with Gasteiger partial charge in [-0.3, -0.25) is 9.78 Å². The van der Waals surface area contributed by atoms with Crippen LogP contribution in [0.15, 0.2) is 55.3 Å². The molecule has 1 aromatic carbocycles. The molecule has 2 aromatic heterocycles. The maximum Gasteiger partial charge on any atom is 0.466 e. The number of anilines is 1. The monoisotopic (exact) mass is 347 g/mol. The number of benzene rings is 1. The lowest BCUT2D eigenvalue weighted by atomic mass is 10.1. The molecule has 3 aromatic rings. The second kappa shape index (κ2) is 7.29. The Morgan fingerprint density at radius 1 is 1.17 bits per heavy atom. The van der Waals surface area contributed by atoms with Crippen molar-refractivity contribution in [3.05, 3.63) is 55.3 Å². The molecule has 0 aliphatic rings. The topological polar surface area (TPSA) is 133 Å². The van der Waals surface area contributed by atoms with E-state index in [1.54, 1.807) is 12.3 Å². The van der Waals surface area contributed by atoms with Gasteiger partial charge in [0.15, 0.2) is 0 Å². The maximum absolute atomic E-state index is 11.3. The molecule has 0 saturated carbocycles. The molecule has 0 aliphatic heterocycles. The normalized spacial score (nSPS) is 10.8. The van der Waals surface area contributed by atoms with E-state index in [-0.39, 0.29) is 5.91 Å². The molecule has 0 atom stereocenters. The molecule has 0 unspecified atom stereocenters. The molecule has 0 fully saturated rings. The number of carbonyl (C=O) groups is 1. The Morgan fingerprint density at radius 3 is 2.50 bits per heavy atom. The number of rotatable bonds is 2. The fraction of sp³-hybridized carbons (Fsp3) is 0. The molecule has 4 N–H and O–H groups in total. The van der Waals surface area contributed by atoms with E-state index in [9.17, 15) is 4.79 Å². The summed E-state index contributed by atoms with van der Waals surface area (Å²) in [5.74, 6) is 0.235. The third-order valence-corrected chi connectivity index (χ3v) is 2.88. The molecule has 0 aliphatic carbocycles. The first-order chi connectivity index (χ1) is 11.3. The van der Waals surface area contributed by atoms with Crippen LogP contribution in [0.4, 0.5) is 5.82 Å². The summed E-state index contributed by atoms with van der Waals surface area (Å²) in [5, 5.41) is 4.64. The van der Waals surface area contributed by atoms with Crippen LogP contribution >= 0.6 is 7.82 Å². The van der Waals surface area contributed by atoms with Crippen molar-refractivity contribution >= 4 is 41.4 Å². The van der Waals surface area contributed by atoms with E-state index in [2.05, 4.69) is 21.9 Å². The Kier molecular flexibility index (Phi) is 5.38. The van der Waals surface area contributed by atoms with Crippen LogP contribution in [0.3, 0.4) is 0 Å². The number of carbonyl (C=O) groups excluding carboxylic acids is 1. The van der Waals surface area contributed by atoms with Crippen LogP contribution in [-0.4, -0.2) is 30.6 Å². The lowest BCUT2D eigenvalue weighted by Gasteiger charge is -2.05. The zero-order valence-electron chi connectivity index (χ0n) is 12.3. The minimum Gasteiger partial charge on any atom is -0.307 e. The van der Waals surface area contributed by atoms with Crippen molar-refractivity contribution in [3.8, 4) is 0 Å². The first-order valence-electron chi connectivity index (χ1n) is 6.64. The van der Waals surface area contributed by atoms with Gasteiger partial charge in [0.1, 0.15) is 5.82 Å². The van der Waals surface area contributed by atoms with Gasteiger partial charge in [-0.1, -0.05) is 12.6 Å². The third-order valence-electron chi connectivity index (χ3n) is 2.88. The zero-order valence-corrected chi connectivity index (χ0v) is 13.2. The first kappa shape index (κ1) is 17.7. The number of fused-ring (bicyclic) bond motifs is 3. The predicted octanol–water partition coefficient (Wildman–Crippen LogP) is 1.98. The van der Waals surface area contributed by atoms with Crippen molar-refractivity contribution in [2.45, 2.75) is 0 Å². The van der Waals surface area contributed by atoms with Gasteiger partial charge in [0.25, 0.3) is 0 Å². The van der Waals surface area contributed by atoms with Crippen LogP contribution in [-0.2, 0) is 9.36 Å². The summed E-state index contributed by atoms with van der Waals surface area (Å²) in [5.41, 5.74) is 1.71. The summed E-state index contributed by atoms with van der Waals surface area (Å²) >= 11 is 0. The lowest BCUT2D eigenvalue weighted by Crippen LogP contribution is -2.08. The van der Waals surface area contributed by atoms with Gasteiger partial charge in [-0.15, -0.1) is 0 Å². The van der Waals surface area contributed by atoms with Crippen molar-refractivity contribution in [2.75, 3.05) is 5.32 Å². The Hall–Kier alpha value is -2.64. The summed E-state index contributed by atoms with van der Waals surface area (Å²) in [6, 6.07) is 11.5. The Balaban J connectivity index is 0.000000368.